The predicted molar refractivity (Wildman–Crippen MR) is 109 cm³/mol. The molecule has 0 saturated carbocycles. The number of alkyl carbamates (subject to hydrolysis) is 2. The Labute approximate surface area is 178 Å². The first kappa shape index (κ1) is 35.2. The van der Waals surface area contributed by atoms with Gasteiger partial charge in [0.15, 0.2) is 0 Å². The van der Waals surface area contributed by atoms with Crippen LogP contribution in [0.2, 0.25) is 0 Å². The molecular weight excluding hydrogens is 406 g/mol. The van der Waals surface area contributed by atoms with Crippen LogP contribution in [-0.4, -0.2) is 100 Å². The van der Waals surface area contributed by atoms with E-state index in [4.69, 9.17) is 10.6 Å². The molecule has 0 heterocycles. The van der Waals surface area contributed by atoms with Gasteiger partial charge in [0, 0.05) is 47.8 Å². The Kier molecular flexibility index (Phi) is 40.3. The van der Waals surface area contributed by atoms with Crippen LogP contribution in [0.5, 0.6) is 0 Å². The van der Waals surface area contributed by atoms with Crippen LogP contribution >= 0.6 is 0 Å². The quantitative estimate of drug-likeness (QED) is 0.117. The van der Waals surface area contributed by atoms with E-state index in [9.17, 15) is 14.4 Å². The molecule has 0 aromatic heterocycles. The minimum absolute atomic E-state index is 0.245. The Morgan fingerprint density at radius 2 is 1.13 bits per heavy atom. The topological polar surface area (TPSA) is 181 Å². The number of methoxy groups -OCH3 is 4. The number of carbonyl (C=O) groups excluding carboxylic acids is 3. The Morgan fingerprint density at radius 1 is 0.733 bits per heavy atom. The second kappa shape index (κ2) is 34.3. The molecule has 182 valence electrons. The Balaban J connectivity index is -0.000000156. The van der Waals surface area contributed by atoms with Crippen molar-refractivity contribution in [1.29, 1.82) is 0 Å². The molecule has 0 bridgehead atoms. The molecule has 0 aliphatic heterocycles. The van der Waals surface area contributed by atoms with Crippen LogP contribution in [0.3, 0.4) is 0 Å². The van der Waals surface area contributed by atoms with Crippen molar-refractivity contribution >= 4 is 18.2 Å². The summed E-state index contributed by atoms with van der Waals surface area (Å²) in [5, 5.41) is 4.89. The van der Waals surface area contributed by atoms with Crippen molar-refractivity contribution < 1.29 is 43.0 Å². The van der Waals surface area contributed by atoms with Gasteiger partial charge in [0.2, 0.25) is 0 Å². The summed E-state index contributed by atoms with van der Waals surface area (Å²) in [4.78, 5) is 39.6. The first-order valence-electron chi connectivity index (χ1n) is 8.75. The van der Waals surface area contributed by atoms with E-state index in [0.717, 1.165) is 0 Å². The van der Waals surface area contributed by atoms with Crippen molar-refractivity contribution in [3.05, 3.63) is 0 Å². The second-order valence-electron chi connectivity index (χ2n) is 4.42. The zero-order valence-electron chi connectivity index (χ0n) is 19.0. The molecule has 14 heteroatoms. The van der Waals surface area contributed by atoms with E-state index < -0.39 is 12.2 Å². The third-order valence-electron chi connectivity index (χ3n) is 2.22. The lowest BCUT2D eigenvalue weighted by Gasteiger charge is -2.02. The van der Waals surface area contributed by atoms with Gasteiger partial charge in [0.25, 0.3) is 0 Å². The van der Waals surface area contributed by atoms with Crippen molar-refractivity contribution in [2.24, 2.45) is 5.73 Å². The number of rotatable bonds is 10. The molecule has 0 spiro atoms. The fourth-order valence-electron chi connectivity index (χ4n) is 0.867. The van der Waals surface area contributed by atoms with Gasteiger partial charge in [-0.15, -0.1) is 0 Å². The highest BCUT2D eigenvalue weighted by Gasteiger charge is 1.94. The summed E-state index contributed by atoms with van der Waals surface area (Å²) in [5.74, 6) is -0.245. The number of carbonyl (C=O) groups is 3. The maximum Gasteiger partial charge on any atom is 0.406 e. The summed E-state index contributed by atoms with van der Waals surface area (Å²) in [6, 6.07) is 0. The molecule has 0 aliphatic carbocycles. The number of hydrogen-bond donors (Lipinski definition) is 5. The van der Waals surface area contributed by atoms with Gasteiger partial charge in [0.1, 0.15) is 0 Å². The van der Waals surface area contributed by atoms with Crippen LogP contribution in [0.1, 0.15) is 6.92 Å². The van der Waals surface area contributed by atoms with E-state index in [1.807, 2.05) is 0 Å². The molecule has 30 heavy (non-hydrogen) atoms. The van der Waals surface area contributed by atoms with E-state index in [1.165, 1.54) is 28.3 Å². The van der Waals surface area contributed by atoms with Crippen LogP contribution in [0.25, 0.3) is 0 Å². The maximum absolute atomic E-state index is 10.4. The summed E-state index contributed by atoms with van der Waals surface area (Å²) in [6.07, 6.45) is -0.869. The normalized spacial score (nSPS) is 8.53. The average Bonchev–Trinajstić information content (AvgIpc) is 2.76. The monoisotopic (exact) mass is 445 g/mol. The lowest BCUT2D eigenvalue weighted by molar-refractivity contribution is -0.137. The molecule has 0 unspecified atom stereocenters. The Bertz CT molecular complexity index is 373. The molecule has 0 fully saturated rings. The van der Waals surface area contributed by atoms with Gasteiger partial charge >= 0.3 is 18.2 Å². The third-order valence-corrected chi connectivity index (χ3v) is 2.22. The summed E-state index contributed by atoms with van der Waals surface area (Å²) in [7, 11) is 8.91. The maximum atomic E-state index is 10.4. The number of ether oxygens (including phenoxy) is 4. The summed E-state index contributed by atoms with van der Waals surface area (Å²) < 4.78 is 17.4. The summed E-state index contributed by atoms with van der Waals surface area (Å²) in [5.41, 5.74) is 10.0. The van der Waals surface area contributed by atoms with Gasteiger partial charge in [-0.1, -0.05) is 0 Å². The number of hydrogen-bond acceptors (Lipinski definition) is 12. The minimum Gasteiger partial charge on any atom is -0.469 e. The number of nitrogens with two attached hydrogens (primary N) is 1. The summed E-state index contributed by atoms with van der Waals surface area (Å²) >= 11 is 0. The predicted octanol–water partition coefficient (Wildman–Crippen LogP) is -1.24. The SMILES string of the molecule is CNOCCN.CNOCCNC(=O)OC.COC(C)=O.COCCNC(=O)OC. The van der Waals surface area contributed by atoms with E-state index in [0.29, 0.717) is 39.5 Å². The zero-order valence-corrected chi connectivity index (χ0v) is 19.0. The molecular formula is C16H39N5O9. The largest absolute Gasteiger partial charge is 0.469 e. The van der Waals surface area contributed by atoms with Crippen LogP contribution in [0, 0.1) is 0 Å². The second-order valence-corrected chi connectivity index (χ2v) is 4.42. The van der Waals surface area contributed by atoms with Crippen LogP contribution in [0.15, 0.2) is 0 Å². The molecule has 0 aromatic carbocycles. The average molecular weight is 446 g/mol. The van der Waals surface area contributed by atoms with Crippen LogP contribution in [-0.2, 0) is 33.4 Å². The fourth-order valence-corrected chi connectivity index (χ4v) is 0.867. The van der Waals surface area contributed by atoms with E-state index in [1.54, 1.807) is 21.2 Å². The number of hydroxylamine groups is 2. The van der Waals surface area contributed by atoms with E-state index in [2.05, 4.69) is 45.4 Å². The minimum atomic E-state index is -0.445. The lowest BCUT2D eigenvalue weighted by atomic mass is 10.7. The highest BCUT2D eigenvalue weighted by Crippen LogP contribution is 1.70. The van der Waals surface area contributed by atoms with Gasteiger partial charge in [-0.2, -0.15) is 0 Å². The van der Waals surface area contributed by atoms with E-state index in [-0.39, 0.29) is 5.97 Å². The van der Waals surface area contributed by atoms with Crippen molar-refractivity contribution in [2.75, 3.05) is 82.0 Å². The molecule has 0 aliphatic rings. The zero-order chi connectivity index (χ0) is 24.0. The standard InChI is InChI=1S/C5H12N2O3.C5H11NO3.C3H10N2O.C3H6O2/c1-6-10-4-3-7-5(8)9-2;1-8-4-3-6-5(7)9-2;1-5-6-3-2-4;1-3(4)5-2/h6H,3-4H2,1-2H3,(H,7,8);3-4H2,1-2H3,(H,6,7);5H,2-4H2,1H3;1-2H3. The number of esters is 1. The first-order valence-corrected chi connectivity index (χ1v) is 8.75. The lowest BCUT2D eigenvalue weighted by Crippen LogP contribution is -2.28. The van der Waals surface area contributed by atoms with Gasteiger partial charge in [-0.3, -0.25) is 4.79 Å². The van der Waals surface area contributed by atoms with Gasteiger partial charge in [-0.05, 0) is 0 Å². The van der Waals surface area contributed by atoms with Crippen molar-refractivity contribution in [3.63, 3.8) is 0 Å². The smallest absolute Gasteiger partial charge is 0.406 e. The van der Waals surface area contributed by atoms with Gasteiger partial charge < -0.3 is 45.0 Å². The van der Waals surface area contributed by atoms with Gasteiger partial charge in [-0.25, -0.2) is 20.5 Å². The number of nitrogens with one attached hydrogen (secondary N) is 4. The molecule has 0 rings (SSSR count). The molecule has 0 aromatic rings. The molecule has 0 radical (unpaired) electrons. The fraction of sp³-hybridized carbons (Fsp3) is 0.812. The molecule has 2 amide bonds. The van der Waals surface area contributed by atoms with Crippen LogP contribution in [0.4, 0.5) is 9.59 Å². The van der Waals surface area contributed by atoms with Crippen molar-refractivity contribution in [2.45, 2.75) is 6.92 Å². The van der Waals surface area contributed by atoms with Crippen LogP contribution < -0.4 is 27.3 Å². The Hall–Kier alpha value is -2.23. The molecule has 6 N–H and O–H groups in total. The highest BCUT2D eigenvalue weighted by molar-refractivity contribution is 5.67. The van der Waals surface area contributed by atoms with E-state index >= 15 is 0 Å². The third kappa shape index (κ3) is 50.1. The molecule has 0 saturated heterocycles. The van der Waals surface area contributed by atoms with Crippen molar-refractivity contribution in [3.8, 4) is 0 Å². The Morgan fingerprint density at radius 3 is 1.40 bits per heavy atom. The highest BCUT2D eigenvalue weighted by atomic mass is 16.6. The number of amides is 2. The molecule has 14 nitrogen and oxygen atoms in total. The first-order chi connectivity index (χ1) is 14.3. The van der Waals surface area contributed by atoms with Gasteiger partial charge in [0.05, 0.1) is 41.2 Å². The van der Waals surface area contributed by atoms with Crippen molar-refractivity contribution in [1.82, 2.24) is 21.6 Å². The summed E-state index contributed by atoms with van der Waals surface area (Å²) in [6.45, 7) is 4.37. The molecule has 0 atom stereocenters.